The van der Waals surface area contributed by atoms with Crippen LogP contribution in [0.1, 0.15) is 34.1 Å². The normalized spacial score (nSPS) is 10.2. The van der Waals surface area contributed by atoms with E-state index >= 15 is 0 Å². The number of hydrogen-bond donors (Lipinski definition) is 0. The van der Waals surface area contributed by atoms with Crippen LogP contribution in [-0.4, -0.2) is 14.2 Å². The van der Waals surface area contributed by atoms with E-state index in [0.29, 0.717) is 6.42 Å². The maximum absolute atomic E-state index is 10.5. The molecule has 0 rings (SSSR count). The van der Waals surface area contributed by atoms with Gasteiger partial charge in [0.15, 0.2) is 0 Å². The van der Waals surface area contributed by atoms with Crippen LogP contribution in [0.25, 0.3) is 0 Å². The van der Waals surface area contributed by atoms with Gasteiger partial charge in [-0.15, -0.1) is 0 Å². The first-order valence-electron chi connectivity index (χ1n) is 2.91. The lowest BCUT2D eigenvalue weighted by atomic mass is 9.91. The molecule has 51 valence electrons. The smallest absolute Gasteiger partial charge is 0.130 e. The first-order valence-corrected chi connectivity index (χ1v) is 2.91. The third-order valence-corrected chi connectivity index (χ3v) is 0.779. The van der Waals surface area contributed by atoms with E-state index in [1.54, 1.807) is 6.92 Å². The van der Waals surface area contributed by atoms with E-state index in [1.165, 1.54) is 0 Å². The van der Waals surface area contributed by atoms with Crippen LogP contribution in [0, 0.1) is 5.41 Å². The summed E-state index contributed by atoms with van der Waals surface area (Å²) in [6.07, 6.45) is 0.687. The van der Waals surface area contributed by atoms with Crippen molar-refractivity contribution in [2.45, 2.75) is 34.1 Å². The Morgan fingerprint density at radius 1 is 1.33 bits per heavy atom. The van der Waals surface area contributed by atoms with Crippen LogP contribution in [0.2, 0.25) is 0 Å². The van der Waals surface area contributed by atoms with Crippen molar-refractivity contribution in [3.8, 4) is 0 Å². The molecule has 1 nitrogen and oxygen atoms in total. The molecule has 0 fully saturated rings. The van der Waals surface area contributed by atoms with E-state index in [-0.39, 0.29) is 19.6 Å². The zero-order chi connectivity index (χ0) is 6.78. The molecule has 0 aliphatic carbocycles. The lowest BCUT2D eigenvalue weighted by molar-refractivity contribution is -0.118. The van der Waals surface area contributed by atoms with Crippen LogP contribution in [-0.2, 0) is 4.79 Å². The van der Waals surface area contributed by atoms with Crippen molar-refractivity contribution in [1.29, 1.82) is 0 Å². The summed E-state index contributed by atoms with van der Waals surface area (Å²) < 4.78 is 0. The largest absolute Gasteiger partial charge is 0.300 e. The summed E-state index contributed by atoms with van der Waals surface area (Å²) >= 11 is 0. The zero-order valence-corrected chi connectivity index (χ0v) is 6.69. The van der Waals surface area contributed by atoms with Crippen LogP contribution in [0.5, 0.6) is 0 Å². The molecule has 3 radical (unpaired) electrons. The number of carbonyl (C=O) groups is 1. The highest BCUT2D eigenvalue weighted by atomic mass is 16.1. The third-order valence-electron chi connectivity index (χ3n) is 0.779. The average molecular weight is 125 g/mol. The topological polar surface area (TPSA) is 17.1 Å². The monoisotopic (exact) mass is 125 g/mol. The van der Waals surface area contributed by atoms with Gasteiger partial charge in [0.1, 0.15) is 5.78 Å². The minimum Gasteiger partial charge on any atom is -0.300 e. The van der Waals surface area contributed by atoms with Gasteiger partial charge in [0.2, 0.25) is 0 Å². The Kier molecular flexibility index (Phi) is 4.74. The number of ketones is 1. The number of carbonyl (C=O) groups excluding carboxylic acids is 1. The molecule has 0 aromatic heterocycles. The second-order valence-electron chi connectivity index (χ2n) is 3.44. The van der Waals surface area contributed by atoms with Gasteiger partial charge in [0.05, 0.1) is 0 Å². The lowest BCUT2D eigenvalue weighted by Gasteiger charge is -2.14. The molecule has 0 saturated carbocycles. The molecule has 0 N–H and O–H groups in total. The molecular formula is C7H14BO. The van der Waals surface area contributed by atoms with Crippen molar-refractivity contribution < 1.29 is 4.79 Å². The summed E-state index contributed by atoms with van der Waals surface area (Å²) in [4.78, 5) is 10.5. The summed E-state index contributed by atoms with van der Waals surface area (Å²) in [6.45, 7) is 7.82. The molecule has 0 spiro atoms. The fourth-order valence-electron chi connectivity index (χ4n) is 0.747. The predicted molar refractivity (Wildman–Crippen MR) is 40.5 cm³/mol. The molecule has 0 atom stereocenters. The zero-order valence-electron chi connectivity index (χ0n) is 6.69. The Morgan fingerprint density at radius 3 is 1.67 bits per heavy atom. The maximum atomic E-state index is 10.5. The van der Waals surface area contributed by atoms with Gasteiger partial charge < -0.3 is 4.79 Å². The predicted octanol–water partition coefficient (Wildman–Crippen LogP) is 1.63. The summed E-state index contributed by atoms with van der Waals surface area (Å²) in [5.41, 5.74) is 0.172. The van der Waals surface area contributed by atoms with Gasteiger partial charge >= 0.3 is 0 Å². The quantitative estimate of drug-likeness (QED) is 0.486. The molecule has 2 heteroatoms. The number of hydrogen-bond acceptors (Lipinski definition) is 1. The van der Waals surface area contributed by atoms with Gasteiger partial charge in [-0.3, -0.25) is 0 Å². The standard InChI is InChI=1S/C7H14O.B/c1-6(8)5-7(2,3)4;/h5H2,1-4H3;. The molecule has 0 bridgehead atoms. The molecule has 0 heterocycles. The first-order chi connectivity index (χ1) is 3.42. The highest BCUT2D eigenvalue weighted by Gasteiger charge is 2.11. The van der Waals surface area contributed by atoms with Crippen LogP contribution in [0.3, 0.4) is 0 Å². The fraction of sp³-hybridized carbons (Fsp3) is 0.857. The molecule has 0 aromatic rings. The van der Waals surface area contributed by atoms with E-state index in [0.717, 1.165) is 0 Å². The summed E-state index contributed by atoms with van der Waals surface area (Å²) in [5, 5.41) is 0. The molecular weight excluding hydrogens is 111 g/mol. The third kappa shape index (κ3) is 11.3. The van der Waals surface area contributed by atoms with Gasteiger partial charge in [0, 0.05) is 14.8 Å². The van der Waals surface area contributed by atoms with Crippen molar-refractivity contribution in [3.05, 3.63) is 0 Å². The van der Waals surface area contributed by atoms with Crippen molar-refractivity contribution in [1.82, 2.24) is 0 Å². The van der Waals surface area contributed by atoms with Gasteiger partial charge in [-0.1, -0.05) is 20.8 Å². The summed E-state index contributed by atoms with van der Waals surface area (Å²) in [6, 6.07) is 0. The van der Waals surface area contributed by atoms with E-state index in [1.807, 2.05) is 0 Å². The number of rotatable bonds is 1. The van der Waals surface area contributed by atoms with Crippen molar-refractivity contribution in [2.75, 3.05) is 0 Å². The fourth-order valence-corrected chi connectivity index (χ4v) is 0.747. The Labute approximate surface area is 59.4 Å². The molecule has 0 aromatic carbocycles. The van der Waals surface area contributed by atoms with Gasteiger partial charge in [0.25, 0.3) is 0 Å². The molecule has 0 amide bonds. The molecule has 0 saturated heterocycles. The van der Waals surface area contributed by atoms with Gasteiger partial charge in [-0.2, -0.15) is 0 Å². The molecule has 0 aliphatic heterocycles. The lowest BCUT2D eigenvalue weighted by Crippen LogP contribution is -2.09. The molecule has 0 unspecified atom stereocenters. The minimum atomic E-state index is 0. The Hall–Kier alpha value is -0.265. The minimum absolute atomic E-state index is 0. The van der Waals surface area contributed by atoms with E-state index in [4.69, 9.17) is 0 Å². The highest BCUT2D eigenvalue weighted by Crippen LogP contribution is 2.17. The second kappa shape index (κ2) is 3.70. The van der Waals surface area contributed by atoms with Crippen LogP contribution in [0.15, 0.2) is 0 Å². The Bertz CT molecular complexity index is 91.6. The van der Waals surface area contributed by atoms with Gasteiger partial charge in [-0.05, 0) is 12.3 Å². The van der Waals surface area contributed by atoms with Gasteiger partial charge in [-0.25, -0.2) is 0 Å². The van der Waals surface area contributed by atoms with E-state index in [2.05, 4.69) is 20.8 Å². The van der Waals surface area contributed by atoms with Crippen LogP contribution in [0.4, 0.5) is 0 Å². The molecule has 0 aliphatic rings. The highest BCUT2D eigenvalue weighted by molar-refractivity contribution is 5.76. The Balaban J connectivity index is 0. The van der Waals surface area contributed by atoms with E-state index < -0.39 is 0 Å². The summed E-state index contributed by atoms with van der Waals surface area (Å²) in [7, 11) is 0. The Morgan fingerprint density at radius 2 is 1.67 bits per heavy atom. The summed E-state index contributed by atoms with van der Waals surface area (Å²) in [5.74, 6) is 0.275. The molecule has 9 heavy (non-hydrogen) atoms. The van der Waals surface area contributed by atoms with Crippen molar-refractivity contribution >= 4 is 14.2 Å². The number of Topliss-reactive ketones (excluding diaryl/α,β-unsaturated/α-hetero) is 1. The first kappa shape index (κ1) is 11.5. The van der Waals surface area contributed by atoms with Crippen LogP contribution >= 0.6 is 0 Å². The second-order valence-corrected chi connectivity index (χ2v) is 3.44. The van der Waals surface area contributed by atoms with Crippen LogP contribution < -0.4 is 0 Å². The van der Waals surface area contributed by atoms with E-state index in [9.17, 15) is 4.79 Å². The maximum Gasteiger partial charge on any atom is 0.130 e. The SMILES string of the molecule is CC(=O)CC(C)(C)C.[B]. The van der Waals surface area contributed by atoms with Crippen molar-refractivity contribution in [3.63, 3.8) is 0 Å². The van der Waals surface area contributed by atoms with Crippen molar-refractivity contribution in [2.24, 2.45) is 5.41 Å². The average Bonchev–Trinajstić information content (AvgIpc) is 1.21.